The van der Waals surface area contributed by atoms with Crippen LogP contribution in [0.2, 0.25) is 0 Å². The van der Waals surface area contributed by atoms with Gasteiger partial charge in [0.2, 0.25) is 0 Å². The monoisotopic (exact) mass is 947 g/mol. The maximum Gasteiger partial charge on any atom is 0.330 e. The third-order valence-corrected chi connectivity index (χ3v) is 15.9. The van der Waals surface area contributed by atoms with Gasteiger partial charge in [-0.2, -0.15) is 0 Å². The first-order valence-corrected chi connectivity index (χ1v) is 26.1. The molecular formula is C56H69NO10S. The summed E-state index contributed by atoms with van der Waals surface area (Å²) >= 11 is 1.80. The highest BCUT2D eigenvalue weighted by Gasteiger charge is 2.33. The standard InChI is InChI=1S/C56H69NO10S/c1-4-37(3)40-20-26-47(27-21-40)68-53-50-34-45(66-55(61)42-14-10-39(36-58)11-15-42)24-28-48(50)49-29-25-46(35-51(49)57-53)67-56(62)43-18-16-41(17-19-43)54(60)65-33-30-38-12-22-44(23-13-38)63-31-8-6-7-9-32-64-52(59)5-2/h5,12-13,22-25,28-29,34-37,39-43,47H,2,4,6-11,14-21,26-27,30-33H2,1,3H3. The second kappa shape index (κ2) is 25.4. The Morgan fingerprint density at radius 2 is 1.25 bits per heavy atom. The van der Waals surface area contributed by atoms with Gasteiger partial charge in [-0.1, -0.05) is 39.0 Å². The summed E-state index contributed by atoms with van der Waals surface area (Å²) in [5, 5.41) is 4.13. The Morgan fingerprint density at radius 3 is 1.88 bits per heavy atom. The number of esters is 4. The molecule has 11 nitrogen and oxygen atoms in total. The first-order valence-electron chi connectivity index (χ1n) is 25.2. The van der Waals surface area contributed by atoms with Crippen LogP contribution in [0.5, 0.6) is 17.2 Å². The topological polar surface area (TPSA) is 144 Å². The maximum absolute atomic E-state index is 13.5. The van der Waals surface area contributed by atoms with Gasteiger partial charge in [-0.15, -0.1) is 11.8 Å². The third kappa shape index (κ3) is 14.2. The van der Waals surface area contributed by atoms with Crippen LogP contribution in [0.4, 0.5) is 0 Å². The molecule has 3 aliphatic rings. The number of benzene rings is 3. The molecule has 1 unspecified atom stereocenters. The molecule has 3 aromatic carbocycles. The van der Waals surface area contributed by atoms with Gasteiger partial charge in [0.05, 0.1) is 43.1 Å². The van der Waals surface area contributed by atoms with E-state index < -0.39 is 0 Å². The number of rotatable bonds is 22. The molecule has 68 heavy (non-hydrogen) atoms. The highest BCUT2D eigenvalue weighted by molar-refractivity contribution is 8.00. The van der Waals surface area contributed by atoms with Crippen molar-refractivity contribution in [2.75, 3.05) is 19.8 Å². The Bertz CT molecular complexity index is 2340. The Labute approximate surface area is 405 Å². The quantitative estimate of drug-likeness (QED) is 0.0185. The molecule has 0 aliphatic heterocycles. The van der Waals surface area contributed by atoms with Crippen molar-refractivity contribution in [3.63, 3.8) is 0 Å². The molecule has 0 spiro atoms. The number of hydrogen-bond acceptors (Lipinski definition) is 12. The number of fused-ring (bicyclic) bond motifs is 3. The minimum absolute atomic E-state index is 0.0276. The predicted molar refractivity (Wildman–Crippen MR) is 265 cm³/mol. The van der Waals surface area contributed by atoms with Crippen molar-refractivity contribution in [2.24, 2.45) is 35.5 Å². The molecule has 7 rings (SSSR count). The third-order valence-electron chi connectivity index (χ3n) is 14.6. The van der Waals surface area contributed by atoms with Gasteiger partial charge >= 0.3 is 23.9 Å². The highest BCUT2D eigenvalue weighted by Crippen LogP contribution is 2.43. The zero-order valence-electron chi connectivity index (χ0n) is 40.0. The SMILES string of the molecule is C=CC(=O)OCCCCCCOc1ccc(CCOC(=O)C2CCC(C(=O)Oc3ccc4c(c3)nc(SC3CCC(C(C)CC)CC3)c3cc(OC(=O)C5CCC(C=O)CC5)ccc34)CC2)cc1. The van der Waals surface area contributed by atoms with E-state index in [-0.39, 0.29) is 54.2 Å². The van der Waals surface area contributed by atoms with E-state index in [9.17, 15) is 24.0 Å². The van der Waals surface area contributed by atoms with E-state index in [4.69, 9.17) is 28.7 Å². The molecule has 1 aromatic heterocycles. The van der Waals surface area contributed by atoms with Gasteiger partial charge in [0, 0.05) is 40.5 Å². The summed E-state index contributed by atoms with van der Waals surface area (Å²) in [6.07, 6.45) is 17.3. The molecule has 0 saturated heterocycles. The van der Waals surface area contributed by atoms with Crippen LogP contribution in [0, 0.1) is 35.5 Å². The van der Waals surface area contributed by atoms with Crippen LogP contribution in [0.15, 0.2) is 78.3 Å². The van der Waals surface area contributed by atoms with Gasteiger partial charge in [0.1, 0.15) is 28.6 Å². The van der Waals surface area contributed by atoms with Crippen molar-refractivity contribution in [1.82, 2.24) is 4.98 Å². The molecule has 1 heterocycles. The van der Waals surface area contributed by atoms with Crippen LogP contribution in [0.3, 0.4) is 0 Å². The van der Waals surface area contributed by atoms with Crippen molar-refractivity contribution in [3.05, 3.63) is 78.9 Å². The summed E-state index contributed by atoms with van der Waals surface area (Å²) in [4.78, 5) is 67.4. The van der Waals surface area contributed by atoms with E-state index in [0.29, 0.717) is 87.8 Å². The van der Waals surface area contributed by atoms with Gasteiger partial charge in [0.15, 0.2) is 0 Å². The van der Waals surface area contributed by atoms with Gasteiger partial charge in [-0.05, 0) is 168 Å². The van der Waals surface area contributed by atoms with Crippen molar-refractivity contribution in [3.8, 4) is 17.2 Å². The van der Waals surface area contributed by atoms with Gasteiger partial charge in [-0.25, -0.2) is 9.78 Å². The minimum atomic E-state index is -0.388. The Balaban J connectivity index is 0.898. The van der Waals surface area contributed by atoms with Crippen molar-refractivity contribution in [1.29, 1.82) is 0 Å². The fraction of sp³-hybridized carbons (Fsp3) is 0.536. The Hall–Kier alpha value is -5.23. The second-order valence-electron chi connectivity index (χ2n) is 19.2. The van der Waals surface area contributed by atoms with Crippen molar-refractivity contribution < 1.29 is 47.7 Å². The number of carbonyl (C=O) groups excluding carboxylic acids is 5. The largest absolute Gasteiger partial charge is 0.494 e. The van der Waals surface area contributed by atoms with Crippen molar-refractivity contribution >= 4 is 63.6 Å². The molecule has 4 aromatic rings. The molecule has 3 fully saturated rings. The fourth-order valence-corrected chi connectivity index (χ4v) is 11.3. The lowest BCUT2D eigenvalue weighted by Crippen LogP contribution is -2.29. The number of thioether (sulfide) groups is 1. The Kier molecular flexibility index (Phi) is 18.9. The van der Waals surface area contributed by atoms with E-state index in [1.807, 2.05) is 60.7 Å². The zero-order chi connectivity index (χ0) is 47.8. The average Bonchev–Trinajstić information content (AvgIpc) is 3.37. The van der Waals surface area contributed by atoms with Crippen LogP contribution >= 0.6 is 11.8 Å². The molecular weight excluding hydrogens is 879 g/mol. The van der Waals surface area contributed by atoms with Crippen molar-refractivity contribution in [2.45, 2.75) is 140 Å². The molecule has 0 radical (unpaired) electrons. The summed E-state index contributed by atoms with van der Waals surface area (Å²) in [5.41, 5.74) is 1.78. The lowest BCUT2D eigenvalue weighted by molar-refractivity contribution is -0.152. The normalized spacial score (nSPS) is 22.1. The van der Waals surface area contributed by atoms with Gasteiger partial charge in [0.25, 0.3) is 0 Å². The first-order chi connectivity index (χ1) is 33.1. The zero-order valence-corrected chi connectivity index (χ0v) is 40.8. The first kappa shape index (κ1) is 50.6. The highest BCUT2D eigenvalue weighted by atomic mass is 32.2. The van der Waals surface area contributed by atoms with Crippen LogP contribution < -0.4 is 14.2 Å². The van der Waals surface area contributed by atoms with E-state index in [1.165, 1.54) is 25.3 Å². The van der Waals surface area contributed by atoms with Crippen LogP contribution in [-0.4, -0.2) is 60.2 Å². The molecule has 12 heteroatoms. The van der Waals surface area contributed by atoms with Gasteiger partial charge in [-0.3, -0.25) is 14.4 Å². The summed E-state index contributed by atoms with van der Waals surface area (Å²) in [7, 11) is 0. The minimum Gasteiger partial charge on any atom is -0.494 e. The van der Waals surface area contributed by atoms with Crippen LogP contribution in [-0.2, 0) is 39.9 Å². The predicted octanol–water partition coefficient (Wildman–Crippen LogP) is 12.2. The number of nitrogens with zero attached hydrogens (tertiary/aromatic N) is 1. The maximum atomic E-state index is 13.5. The number of carbonyl (C=O) groups is 5. The molecule has 0 amide bonds. The summed E-state index contributed by atoms with van der Waals surface area (Å²) in [6.45, 7) is 9.34. The second-order valence-corrected chi connectivity index (χ2v) is 20.5. The molecule has 3 aliphatic carbocycles. The molecule has 3 saturated carbocycles. The van der Waals surface area contributed by atoms with E-state index in [1.54, 1.807) is 11.8 Å². The molecule has 1 atom stereocenters. The molecule has 364 valence electrons. The summed E-state index contributed by atoms with van der Waals surface area (Å²) in [5.74, 6) is 1.30. The number of ether oxygens (including phenoxy) is 5. The lowest BCUT2D eigenvalue weighted by Gasteiger charge is -2.31. The lowest BCUT2D eigenvalue weighted by atomic mass is 9.80. The smallest absolute Gasteiger partial charge is 0.330 e. The summed E-state index contributed by atoms with van der Waals surface area (Å²) < 4.78 is 28.5. The van der Waals surface area contributed by atoms with E-state index in [0.717, 1.165) is 94.7 Å². The fourth-order valence-electron chi connectivity index (χ4n) is 9.99. The molecule has 0 bridgehead atoms. The average molecular weight is 948 g/mol. The Morgan fingerprint density at radius 1 is 0.662 bits per heavy atom. The van der Waals surface area contributed by atoms with E-state index >= 15 is 0 Å². The van der Waals surface area contributed by atoms with Crippen LogP contribution in [0.1, 0.15) is 129 Å². The van der Waals surface area contributed by atoms with Gasteiger partial charge < -0.3 is 28.5 Å². The number of hydrogen-bond donors (Lipinski definition) is 0. The number of unbranched alkanes of at least 4 members (excludes halogenated alkanes) is 3. The number of aldehydes is 1. The summed E-state index contributed by atoms with van der Waals surface area (Å²) in [6, 6.07) is 19.3. The number of pyridine rings is 1. The van der Waals surface area contributed by atoms with E-state index in [2.05, 4.69) is 20.4 Å². The van der Waals surface area contributed by atoms with Crippen LogP contribution in [0.25, 0.3) is 21.7 Å². The molecule has 0 N–H and O–H groups in total. The number of aromatic nitrogens is 1.